The van der Waals surface area contributed by atoms with Crippen molar-refractivity contribution < 1.29 is 9.47 Å². The van der Waals surface area contributed by atoms with Crippen LogP contribution in [0.3, 0.4) is 0 Å². The topological polar surface area (TPSA) is 104 Å². The lowest BCUT2D eigenvalue weighted by atomic mass is 9.72. The van der Waals surface area contributed by atoms with E-state index in [2.05, 4.69) is 43.1 Å². The van der Waals surface area contributed by atoms with Crippen LogP contribution in [0.5, 0.6) is 0 Å². The highest BCUT2D eigenvalue weighted by Crippen LogP contribution is 2.87. The van der Waals surface area contributed by atoms with E-state index in [1.165, 1.54) is 0 Å². The number of nitrogens with two attached hydrogens (primary N) is 1. The normalized spacial score (nSPS) is 32.8. The van der Waals surface area contributed by atoms with Crippen molar-refractivity contribution in [2.45, 2.75) is 52.4 Å². The molecule has 0 radical (unpaired) electrons. The number of ether oxygens (including phenoxy) is 2. The zero-order chi connectivity index (χ0) is 20.8. The Morgan fingerprint density at radius 3 is 2.11 bits per heavy atom. The van der Waals surface area contributed by atoms with Crippen LogP contribution in [0.2, 0.25) is 0 Å². The molecule has 2 N–H and O–H groups in total. The van der Waals surface area contributed by atoms with Crippen molar-refractivity contribution in [3.05, 3.63) is 35.9 Å². The molecule has 0 bridgehead atoms. The standard InChI is InChI=1S/C22H28N4O2/c1-6-27-22(28-7-2)21(15-24)19(5,20(21,14-23)17(25)26-22)13-18(3,4)16-11-9-8-10-12-16/h8-12H,6-7,13H2,1-5H3,(H2,25,26)/t19-,20+,21-/m1/s1. The maximum absolute atomic E-state index is 10.4. The summed E-state index contributed by atoms with van der Waals surface area (Å²) in [4.78, 5) is 4.42. The first kappa shape index (κ1) is 20.3. The summed E-state index contributed by atoms with van der Waals surface area (Å²) in [6, 6.07) is 14.8. The molecule has 0 unspecified atom stereocenters. The second-order valence-corrected chi connectivity index (χ2v) is 8.43. The first-order valence-corrected chi connectivity index (χ1v) is 9.70. The smallest absolute Gasteiger partial charge is 0.293 e. The quantitative estimate of drug-likeness (QED) is 0.729. The third-order valence-electron chi connectivity index (χ3n) is 6.65. The third kappa shape index (κ3) is 2.05. The van der Waals surface area contributed by atoms with Gasteiger partial charge in [0.05, 0.1) is 12.1 Å². The zero-order valence-corrected chi connectivity index (χ0v) is 17.2. The first-order valence-electron chi connectivity index (χ1n) is 9.70. The van der Waals surface area contributed by atoms with Gasteiger partial charge in [0.15, 0.2) is 5.41 Å². The number of amidine groups is 1. The number of nitrogens with zero attached hydrogens (tertiary/aromatic N) is 3. The lowest BCUT2D eigenvalue weighted by molar-refractivity contribution is -0.261. The predicted molar refractivity (Wildman–Crippen MR) is 106 cm³/mol. The van der Waals surface area contributed by atoms with E-state index >= 15 is 0 Å². The largest absolute Gasteiger partial charge is 0.386 e. The van der Waals surface area contributed by atoms with E-state index in [0.29, 0.717) is 19.6 Å². The summed E-state index contributed by atoms with van der Waals surface area (Å²) < 4.78 is 11.9. The van der Waals surface area contributed by atoms with Crippen LogP contribution in [0.15, 0.2) is 35.3 Å². The fraction of sp³-hybridized carbons (Fsp3) is 0.591. The second-order valence-electron chi connectivity index (χ2n) is 8.43. The molecule has 0 spiro atoms. The lowest BCUT2D eigenvalue weighted by Crippen LogP contribution is -2.46. The molecule has 6 heteroatoms. The highest BCUT2D eigenvalue weighted by Gasteiger charge is 2.99. The fourth-order valence-electron chi connectivity index (χ4n) is 5.57. The van der Waals surface area contributed by atoms with E-state index in [1.807, 2.05) is 39.0 Å². The Morgan fingerprint density at radius 2 is 1.64 bits per heavy atom. The van der Waals surface area contributed by atoms with Gasteiger partial charge in [0, 0.05) is 18.6 Å². The van der Waals surface area contributed by atoms with Gasteiger partial charge in [0.2, 0.25) is 0 Å². The van der Waals surface area contributed by atoms with Crippen molar-refractivity contribution in [3.63, 3.8) is 0 Å². The average molecular weight is 380 g/mol. The van der Waals surface area contributed by atoms with Gasteiger partial charge in [-0.2, -0.15) is 10.5 Å². The molecule has 28 heavy (non-hydrogen) atoms. The molecule has 1 aliphatic carbocycles. The van der Waals surface area contributed by atoms with Gasteiger partial charge in [-0.25, -0.2) is 4.99 Å². The molecular formula is C22H28N4O2. The molecule has 1 fully saturated rings. The molecule has 0 saturated heterocycles. The van der Waals surface area contributed by atoms with Crippen molar-refractivity contribution in [3.8, 4) is 12.1 Å². The zero-order valence-electron chi connectivity index (χ0n) is 17.2. The van der Waals surface area contributed by atoms with E-state index in [1.54, 1.807) is 0 Å². The molecule has 3 rings (SSSR count). The van der Waals surface area contributed by atoms with Crippen LogP contribution >= 0.6 is 0 Å². The molecule has 1 heterocycles. The van der Waals surface area contributed by atoms with Crippen molar-refractivity contribution in [2.75, 3.05) is 13.2 Å². The minimum Gasteiger partial charge on any atom is -0.386 e. The van der Waals surface area contributed by atoms with Crippen molar-refractivity contribution in [1.29, 1.82) is 10.5 Å². The first-order chi connectivity index (χ1) is 13.2. The maximum Gasteiger partial charge on any atom is 0.293 e. The summed E-state index contributed by atoms with van der Waals surface area (Å²) in [5, 5.41) is 20.6. The Bertz CT molecular complexity index is 876. The predicted octanol–water partition coefficient (Wildman–Crippen LogP) is 3.49. The number of fused-ring (bicyclic) bond motifs is 1. The number of nitriles is 2. The molecule has 1 aliphatic heterocycles. The van der Waals surface area contributed by atoms with E-state index in [-0.39, 0.29) is 11.3 Å². The highest BCUT2D eigenvalue weighted by atomic mass is 16.7. The van der Waals surface area contributed by atoms with Crippen LogP contribution in [0.4, 0.5) is 0 Å². The summed E-state index contributed by atoms with van der Waals surface area (Å²) in [7, 11) is 0. The molecular weight excluding hydrogens is 352 g/mol. The van der Waals surface area contributed by atoms with Gasteiger partial charge in [-0.15, -0.1) is 0 Å². The molecule has 6 nitrogen and oxygen atoms in total. The monoisotopic (exact) mass is 380 g/mol. The minimum absolute atomic E-state index is 0.129. The number of benzene rings is 1. The van der Waals surface area contributed by atoms with Crippen LogP contribution in [-0.2, 0) is 14.9 Å². The number of hydrogen-bond acceptors (Lipinski definition) is 6. The van der Waals surface area contributed by atoms with Crippen LogP contribution in [0, 0.1) is 38.9 Å². The fourth-order valence-corrected chi connectivity index (χ4v) is 5.57. The minimum atomic E-state index is -1.56. The van der Waals surface area contributed by atoms with Crippen molar-refractivity contribution in [1.82, 2.24) is 0 Å². The number of rotatable bonds is 7. The summed E-state index contributed by atoms with van der Waals surface area (Å²) in [6.07, 6.45) is 0.559. The number of hydrogen-bond donors (Lipinski definition) is 1. The van der Waals surface area contributed by atoms with Gasteiger partial charge in [-0.3, -0.25) is 0 Å². The van der Waals surface area contributed by atoms with Gasteiger partial charge in [0.1, 0.15) is 11.3 Å². The van der Waals surface area contributed by atoms with Gasteiger partial charge < -0.3 is 15.2 Å². The molecule has 1 aromatic carbocycles. The molecule has 1 aromatic rings. The van der Waals surface area contributed by atoms with E-state index in [0.717, 1.165) is 5.56 Å². The SMILES string of the molecule is CCOC1(OCC)N=C(N)[C@@]2(C#N)[C@@](C)(CC(C)(C)c3ccccc3)[C@@]12C#N. The highest BCUT2D eigenvalue weighted by molar-refractivity contribution is 6.00. The van der Waals surface area contributed by atoms with Crippen LogP contribution in [0.1, 0.15) is 46.6 Å². The summed E-state index contributed by atoms with van der Waals surface area (Å²) in [6.45, 7) is 10.4. The van der Waals surface area contributed by atoms with E-state index < -0.39 is 22.2 Å². The van der Waals surface area contributed by atoms with Crippen LogP contribution < -0.4 is 5.73 Å². The maximum atomic E-state index is 10.4. The molecule has 1 saturated carbocycles. The lowest BCUT2D eigenvalue weighted by Gasteiger charge is -2.37. The molecule has 2 aliphatic rings. The Balaban J connectivity index is 2.16. The Labute approximate surface area is 167 Å². The second kappa shape index (κ2) is 6.30. The molecule has 0 amide bonds. The Morgan fingerprint density at radius 1 is 1.07 bits per heavy atom. The summed E-state index contributed by atoms with van der Waals surface area (Å²) in [5.74, 6) is -1.43. The van der Waals surface area contributed by atoms with Crippen LogP contribution in [-0.4, -0.2) is 25.0 Å². The molecule has 0 aromatic heterocycles. The summed E-state index contributed by atoms with van der Waals surface area (Å²) >= 11 is 0. The van der Waals surface area contributed by atoms with E-state index in [4.69, 9.17) is 15.2 Å². The van der Waals surface area contributed by atoms with Gasteiger partial charge in [-0.1, -0.05) is 51.1 Å². The van der Waals surface area contributed by atoms with Crippen molar-refractivity contribution in [2.24, 2.45) is 27.0 Å². The van der Waals surface area contributed by atoms with Gasteiger partial charge in [-0.05, 0) is 31.2 Å². The number of aliphatic imine (C=N–C) groups is 1. The van der Waals surface area contributed by atoms with Gasteiger partial charge in [0.25, 0.3) is 5.91 Å². The third-order valence-corrected chi connectivity index (χ3v) is 6.65. The molecule has 3 atom stereocenters. The van der Waals surface area contributed by atoms with Crippen molar-refractivity contribution >= 4 is 5.84 Å². The summed E-state index contributed by atoms with van der Waals surface area (Å²) in [5.41, 5.74) is 3.83. The Kier molecular flexibility index (Phi) is 4.58. The molecule has 148 valence electrons. The Hall–Kier alpha value is -2.41. The average Bonchev–Trinajstić information content (AvgIpc) is 3.04. The van der Waals surface area contributed by atoms with Crippen LogP contribution in [0.25, 0.3) is 0 Å². The van der Waals surface area contributed by atoms with E-state index in [9.17, 15) is 10.5 Å². The van der Waals surface area contributed by atoms with Gasteiger partial charge >= 0.3 is 0 Å².